The van der Waals surface area contributed by atoms with Crippen LogP contribution in [-0.2, 0) is 6.42 Å². The first-order valence-corrected chi connectivity index (χ1v) is 6.27. The van der Waals surface area contributed by atoms with Gasteiger partial charge in [0.25, 0.3) is 0 Å². The number of nitrogens with two attached hydrogens (primary N) is 1. The zero-order chi connectivity index (χ0) is 13.3. The Morgan fingerprint density at radius 2 is 2.00 bits per heavy atom. The Kier molecular flexibility index (Phi) is 3.74. The molecule has 3 nitrogen and oxygen atoms in total. The first-order chi connectivity index (χ1) is 8.47. The first kappa shape index (κ1) is 13.1. The number of hydrogen-bond acceptors (Lipinski definition) is 3. The Labute approximate surface area is 117 Å². The highest BCUT2D eigenvalue weighted by Gasteiger charge is 2.10. The van der Waals surface area contributed by atoms with E-state index < -0.39 is 11.6 Å². The van der Waals surface area contributed by atoms with Gasteiger partial charge in [-0.3, -0.25) is 0 Å². The second kappa shape index (κ2) is 5.13. The van der Waals surface area contributed by atoms with Gasteiger partial charge in [0, 0.05) is 12.5 Å². The van der Waals surface area contributed by atoms with E-state index in [-0.39, 0.29) is 6.42 Å². The van der Waals surface area contributed by atoms with Crippen molar-refractivity contribution in [2.24, 2.45) is 0 Å². The molecule has 0 radical (unpaired) electrons. The molecule has 0 aliphatic rings. The molecule has 2 N–H and O–H groups in total. The van der Waals surface area contributed by atoms with Crippen molar-refractivity contribution in [2.75, 3.05) is 5.73 Å². The number of rotatable bonds is 2. The molecule has 0 spiro atoms. The smallest absolute Gasteiger partial charge is 0.140 e. The monoisotopic (exact) mass is 361 g/mol. The van der Waals surface area contributed by atoms with E-state index >= 15 is 0 Å². The van der Waals surface area contributed by atoms with Gasteiger partial charge in [-0.25, -0.2) is 18.7 Å². The summed E-state index contributed by atoms with van der Waals surface area (Å²) in [5, 5.41) is 0. The van der Waals surface area contributed by atoms with Crippen LogP contribution >= 0.6 is 22.6 Å². The zero-order valence-electron chi connectivity index (χ0n) is 9.54. The van der Waals surface area contributed by atoms with Crippen molar-refractivity contribution in [3.05, 3.63) is 50.5 Å². The number of aromatic nitrogens is 2. The third-order valence-corrected chi connectivity index (χ3v) is 3.79. The van der Waals surface area contributed by atoms with E-state index in [0.29, 0.717) is 17.2 Å². The minimum atomic E-state index is -0.603. The summed E-state index contributed by atoms with van der Waals surface area (Å²) in [7, 11) is 0. The molecule has 6 heteroatoms. The fourth-order valence-corrected chi connectivity index (χ4v) is 1.80. The fraction of sp³-hybridized carbons (Fsp3) is 0.167. The van der Waals surface area contributed by atoms with Gasteiger partial charge in [-0.2, -0.15) is 0 Å². The van der Waals surface area contributed by atoms with Crippen LogP contribution in [0.4, 0.5) is 14.6 Å². The van der Waals surface area contributed by atoms with E-state index in [1.54, 1.807) is 0 Å². The lowest BCUT2D eigenvalue weighted by Gasteiger charge is -2.06. The van der Waals surface area contributed by atoms with Crippen molar-refractivity contribution in [3.8, 4) is 0 Å². The third-order valence-electron chi connectivity index (χ3n) is 2.45. The molecular weight excluding hydrogens is 351 g/mol. The topological polar surface area (TPSA) is 51.8 Å². The molecule has 0 unspecified atom stereocenters. The molecule has 1 aromatic carbocycles. The van der Waals surface area contributed by atoms with Gasteiger partial charge in [0.05, 0.1) is 9.26 Å². The van der Waals surface area contributed by atoms with Crippen LogP contribution < -0.4 is 5.73 Å². The minimum Gasteiger partial charge on any atom is -0.383 e. The van der Waals surface area contributed by atoms with Crippen LogP contribution in [0.1, 0.15) is 17.1 Å². The van der Waals surface area contributed by atoms with Gasteiger partial charge in [0.1, 0.15) is 23.3 Å². The maximum absolute atomic E-state index is 13.5. The summed E-state index contributed by atoms with van der Waals surface area (Å²) in [4.78, 5) is 8.32. The molecule has 0 amide bonds. The predicted molar refractivity (Wildman–Crippen MR) is 73.1 cm³/mol. The highest BCUT2D eigenvalue weighted by molar-refractivity contribution is 14.1. The Hall–Kier alpha value is -1.31. The molecule has 2 aromatic rings. The van der Waals surface area contributed by atoms with Crippen LogP contribution in [0.5, 0.6) is 0 Å². The van der Waals surface area contributed by atoms with Crippen LogP contribution in [0.2, 0.25) is 0 Å². The summed E-state index contributed by atoms with van der Waals surface area (Å²) >= 11 is 2.05. The SMILES string of the molecule is Cc1nc(Cc2ccc(F)cc2F)nc(N)c1I. The highest BCUT2D eigenvalue weighted by Crippen LogP contribution is 2.18. The number of anilines is 1. The van der Waals surface area contributed by atoms with Crippen LogP contribution in [0.15, 0.2) is 18.2 Å². The summed E-state index contributed by atoms with van der Waals surface area (Å²) in [5.41, 5.74) is 6.82. The van der Waals surface area contributed by atoms with Crippen LogP contribution in [0.3, 0.4) is 0 Å². The Balaban J connectivity index is 2.34. The zero-order valence-corrected chi connectivity index (χ0v) is 11.7. The molecule has 1 heterocycles. The molecular formula is C12H10F2IN3. The number of benzene rings is 1. The first-order valence-electron chi connectivity index (χ1n) is 5.20. The van der Waals surface area contributed by atoms with Gasteiger partial charge >= 0.3 is 0 Å². The van der Waals surface area contributed by atoms with Crippen molar-refractivity contribution in [3.63, 3.8) is 0 Å². The van der Waals surface area contributed by atoms with E-state index in [2.05, 4.69) is 32.6 Å². The Morgan fingerprint density at radius 3 is 2.61 bits per heavy atom. The second-order valence-electron chi connectivity index (χ2n) is 3.84. The van der Waals surface area contributed by atoms with Crippen molar-refractivity contribution in [1.82, 2.24) is 9.97 Å². The number of hydrogen-bond donors (Lipinski definition) is 1. The van der Waals surface area contributed by atoms with Crippen LogP contribution in [-0.4, -0.2) is 9.97 Å². The van der Waals surface area contributed by atoms with Crippen LogP contribution in [0.25, 0.3) is 0 Å². The molecule has 18 heavy (non-hydrogen) atoms. The second-order valence-corrected chi connectivity index (χ2v) is 4.92. The Bertz CT molecular complexity index is 579. The number of halogens is 3. The summed E-state index contributed by atoms with van der Waals surface area (Å²) in [5.74, 6) is -0.402. The van der Waals surface area contributed by atoms with Crippen molar-refractivity contribution >= 4 is 28.4 Å². The lowest BCUT2D eigenvalue weighted by Crippen LogP contribution is -2.06. The minimum absolute atomic E-state index is 0.189. The summed E-state index contributed by atoms with van der Waals surface area (Å²) in [6.45, 7) is 1.81. The number of aryl methyl sites for hydroxylation is 1. The molecule has 1 aromatic heterocycles. The van der Waals surface area contributed by atoms with E-state index in [0.717, 1.165) is 15.3 Å². The maximum atomic E-state index is 13.5. The van der Waals surface area contributed by atoms with E-state index in [4.69, 9.17) is 5.73 Å². The lowest BCUT2D eigenvalue weighted by molar-refractivity contribution is 0.573. The van der Waals surface area contributed by atoms with Gasteiger partial charge in [0.2, 0.25) is 0 Å². The molecule has 0 atom stereocenters. The molecule has 94 valence electrons. The van der Waals surface area contributed by atoms with Crippen LogP contribution in [0, 0.1) is 22.1 Å². The maximum Gasteiger partial charge on any atom is 0.140 e. The van der Waals surface area contributed by atoms with Crippen molar-refractivity contribution < 1.29 is 8.78 Å². The van der Waals surface area contributed by atoms with Crippen molar-refractivity contribution in [2.45, 2.75) is 13.3 Å². The molecule has 0 aliphatic heterocycles. The van der Waals surface area contributed by atoms with Gasteiger partial charge in [-0.1, -0.05) is 6.07 Å². The van der Waals surface area contributed by atoms with E-state index in [9.17, 15) is 8.78 Å². The van der Waals surface area contributed by atoms with Gasteiger partial charge in [-0.05, 0) is 41.1 Å². The average Bonchev–Trinajstić information content (AvgIpc) is 2.29. The van der Waals surface area contributed by atoms with E-state index in [1.807, 2.05) is 6.92 Å². The Morgan fingerprint density at radius 1 is 1.28 bits per heavy atom. The average molecular weight is 361 g/mol. The molecule has 0 fully saturated rings. The fourth-order valence-electron chi connectivity index (χ4n) is 1.56. The summed E-state index contributed by atoms with van der Waals surface area (Å²) in [6.07, 6.45) is 0.189. The molecule has 2 rings (SSSR count). The normalized spacial score (nSPS) is 10.7. The van der Waals surface area contributed by atoms with Gasteiger partial charge < -0.3 is 5.73 Å². The molecule has 0 saturated carbocycles. The van der Waals surface area contributed by atoms with Crippen molar-refractivity contribution in [1.29, 1.82) is 0 Å². The van der Waals surface area contributed by atoms with Gasteiger partial charge in [0.15, 0.2) is 0 Å². The molecule has 0 aliphatic carbocycles. The van der Waals surface area contributed by atoms with E-state index in [1.165, 1.54) is 12.1 Å². The highest BCUT2D eigenvalue weighted by atomic mass is 127. The molecule has 0 saturated heterocycles. The standard InChI is InChI=1S/C12H10F2IN3/c1-6-11(15)12(16)18-10(17-6)4-7-2-3-8(13)5-9(7)14/h2-3,5H,4H2,1H3,(H2,16,17,18). The summed E-state index contributed by atoms with van der Waals surface area (Å²) in [6, 6.07) is 3.44. The molecule has 0 bridgehead atoms. The van der Waals surface area contributed by atoms with Gasteiger partial charge in [-0.15, -0.1) is 0 Å². The largest absolute Gasteiger partial charge is 0.383 e. The summed E-state index contributed by atoms with van der Waals surface area (Å²) < 4.78 is 27.1. The third kappa shape index (κ3) is 2.74. The number of nitrogens with zero attached hydrogens (tertiary/aromatic N) is 2. The number of nitrogen functional groups attached to an aromatic ring is 1. The predicted octanol–water partition coefficient (Wildman–Crippen LogP) is 2.84. The lowest BCUT2D eigenvalue weighted by atomic mass is 10.1. The quantitative estimate of drug-likeness (QED) is 0.837.